The first kappa shape index (κ1) is 18.9. The van der Waals surface area contributed by atoms with Gasteiger partial charge in [0.15, 0.2) is 5.78 Å². The van der Waals surface area contributed by atoms with Crippen molar-refractivity contribution in [3.63, 3.8) is 0 Å². The third-order valence-corrected chi connectivity index (χ3v) is 3.80. The highest BCUT2D eigenvalue weighted by Gasteiger charge is 2.31. The van der Waals surface area contributed by atoms with Gasteiger partial charge in [0.2, 0.25) is 0 Å². The highest BCUT2D eigenvalue weighted by atomic mass is 19.4. The SMILES string of the molecule is Cc1nc(C(=O)C[C@@H](c2ccc(C(F)(F)F)cc2)[C@@H](C)O)cc(=O)[nH]1. The molecule has 0 bridgehead atoms. The van der Waals surface area contributed by atoms with Crippen molar-refractivity contribution in [2.45, 2.75) is 38.5 Å². The zero-order chi connectivity index (χ0) is 18.8. The fourth-order valence-electron chi connectivity index (χ4n) is 2.51. The molecule has 0 amide bonds. The molecular weight excluding hydrogens is 337 g/mol. The molecule has 0 spiro atoms. The predicted octanol–water partition coefficient (Wildman–Crippen LogP) is 2.83. The normalized spacial score (nSPS) is 14.2. The lowest BCUT2D eigenvalue weighted by molar-refractivity contribution is -0.137. The molecule has 1 aromatic heterocycles. The number of aromatic amines is 1. The number of nitrogens with zero attached hydrogens (tertiary/aromatic N) is 1. The number of aliphatic hydroxyl groups is 1. The minimum Gasteiger partial charge on any atom is -0.393 e. The summed E-state index contributed by atoms with van der Waals surface area (Å²) in [6.07, 6.45) is -5.61. The van der Waals surface area contributed by atoms with Crippen molar-refractivity contribution in [2.75, 3.05) is 0 Å². The molecule has 0 fully saturated rings. The number of ketones is 1. The minimum atomic E-state index is -4.46. The van der Waals surface area contributed by atoms with Crippen LogP contribution in [0, 0.1) is 6.92 Å². The second-order valence-electron chi connectivity index (χ2n) is 5.81. The van der Waals surface area contributed by atoms with Crippen LogP contribution in [0.15, 0.2) is 35.1 Å². The number of halogens is 3. The quantitative estimate of drug-likeness (QED) is 0.809. The number of carbonyl (C=O) groups excluding carboxylic acids is 1. The average molecular weight is 354 g/mol. The van der Waals surface area contributed by atoms with Gasteiger partial charge in [-0.15, -0.1) is 0 Å². The van der Waals surface area contributed by atoms with Crippen molar-refractivity contribution >= 4 is 5.78 Å². The van der Waals surface area contributed by atoms with Gasteiger partial charge in [-0.05, 0) is 31.5 Å². The summed E-state index contributed by atoms with van der Waals surface area (Å²) in [5.41, 5.74) is -0.922. The van der Waals surface area contributed by atoms with Gasteiger partial charge in [0, 0.05) is 18.4 Å². The Balaban J connectivity index is 2.26. The smallest absolute Gasteiger partial charge is 0.393 e. The summed E-state index contributed by atoms with van der Waals surface area (Å²) in [6, 6.07) is 5.35. The van der Waals surface area contributed by atoms with E-state index in [4.69, 9.17) is 0 Å². The van der Waals surface area contributed by atoms with E-state index >= 15 is 0 Å². The van der Waals surface area contributed by atoms with E-state index < -0.39 is 35.1 Å². The Bertz CT molecular complexity index is 811. The molecule has 0 aliphatic heterocycles. The van der Waals surface area contributed by atoms with Gasteiger partial charge in [0.25, 0.3) is 5.56 Å². The van der Waals surface area contributed by atoms with Crippen LogP contribution in [0.2, 0.25) is 0 Å². The molecule has 8 heteroatoms. The third kappa shape index (κ3) is 4.76. The van der Waals surface area contributed by atoms with Gasteiger partial charge in [-0.25, -0.2) is 4.98 Å². The van der Waals surface area contributed by atoms with Crippen molar-refractivity contribution < 1.29 is 23.1 Å². The zero-order valence-corrected chi connectivity index (χ0v) is 13.6. The number of aliphatic hydroxyl groups excluding tert-OH is 1. The summed E-state index contributed by atoms with van der Waals surface area (Å²) >= 11 is 0. The Labute approximate surface area is 141 Å². The summed E-state index contributed by atoms with van der Waals surface area (Å²) < 4.78 is 37.9. The number of nitrogens with one attached hydrogen (secondary N) is 1. The zero-order valence-electron chi connectivity index (χ0n) is 13.6. The molecule has 5 nitrogen and oxygen atoms in total. The molecule has 0 radical (unpaired) electrons. The summed E-state index contributed by atoms with van der Waals surface area (Å²) in [5.74, 6) is -0.907. The number of Topliss-reactive ketones (excluding diaryl/α,β-unsaturated/α-hetero) is 1. The van der Waals surface area contributed by atoms with Gasteiger partial charge >= 0.3 is 6.18 Å². The van der Waals surface area contributed by atoms with E-state index in [1.54, 1.807) is 0 Å². The first-order valence-corrected chi connectivity index (χ1v) is 7.54. The molecule has 0 aliphatic rings. The number of H-pyrrole nitrogens is 1. The molecule has 0 aliphatic carbocycles. The summed E-state index contributed by atoms with van der Waals surface area (Å²) in [7, 11) is 0. The molecule has 1 aromatic carbocycles. The van der Waals surface area contributed by atoms with Crippen LogP contribution in [0.1, 0.15) is 46.7 Å². The van der Waals surface area contributed by atoms with Gasteiger partial charge < -0.3 is 10.1 Å². The number of rotatable bonds is 5. The molecule has 0 saturated heterocycles. The largest absolute Gasteiger partial charge is 0.416 e. The van der Waals surface area contributed by atoms with E-state index in [0.717, 1.165) is 18.2 Å². The maximum Gasteiger partial charge on any atom is 0.416 e. The summed E-state index contributed by atoms with van der Waals surface area (Å²) in [5, 5.41) is 9.94. The molecule has 0 saturated carbocycles. The van der Waals surface area contributed by atoms with Gasteiger partial charge in [-0.2, -0.15) is 13.2 Å². The molecule has 2 N–H and O–H groups in total. The highest BCUT2D eigenvalue weighted by molar-refractivity contribution is 5.94. The van der Waals surface area contributed by atoms with Crippen LogP contribution in [0.3, 0.4) is 0 Å². The number of hydrogen-bond acceptors (Lipinski definition) is 4. The predicted molar refractivity (Wildman–Crippen MR) is 84.4 cm³/mol. The van der Waals surface area contributed by atoms with Crippen LogP contribution in [0.4, 0.5) is 13.2 Å². The Hall–Kier alpha value is -2.48. The van der Waals surface area contributed by atoms with Gasteiger partial charge in [-0.3, -0.25) is 9.59 Å². The number of aromatic nitrogens is 2. The molecule has 2 rings (SSSR count). The second-order valence-corrected chi connectivity index (χ2v) is 5.81. The lowest BCUT2D eigenvalue weighted by Gasteiger charge is -2.20. The maximum absolute atomic E-state index is 12.6. The van der Waals surface area contributed by atoms with Crippen molar-refractivity contribution in [3.05, 3.63) is 63.3 Å². The summed E-state index contributed by atoms with van der Waals surface area (Å²) in [4.78, 5) is 30.2. The monoisotopic (exact) mass is 354 g/mol. The van der Waals surface area contributed by atoms with Crippen molar-refractivity contribution in [1.82, 2.24) is 9.97 Å². The first-order valence-electron chi connectivity index (χ1n) is 7.54. The van der Waals surface area contributed by atoms with Crippen molar-refractivity contribution in [2.24, 2.45) is 0 Å². The lowest BCUT2D eigenvalue weighted by Crippen LogP contribution is -2.21. The van der Waals surface area contributed by atoms with E-state index in [2.05, 4.69) is 9.97 Å². The minimum absolute atomic E-state index is 0.0428. The Morgan fingerprint density at radius 2 is 1.88 bits per heavy atom. The van der Waals surface area contributed by atoms with E-state index in [-0.39, 0.29) is 17.9 Å². The molecule has 2 aromatic rings. The Kier molecular flexibility index (Phi) is 5.42. The van der Waals surface area contributed by atoms with Crippen LogP contribution in [0.5, 0.6) is 0 Å². The molecular formula is C17H17F3N2O3. The average Bonchev–Trinajstić information content (AvgIpc) is 2.50. The fraction of sp³-hybridized carbons (Fsp3) is 0.353. The van der Waals surface area contributed by atoms with Crippen LogP contribution in [0.25, 0.3) is 0 Å². The number of aryl methyl sites for hydroxylation is 1. The van der Waals surface area contributed by atoms with E-state index in [1.807, 2.05) is 0 Å². The van der Waals surface area contributed by atoms with E-state index in [1.165, 1.54) is 26.0 Å². The first-order chi connectivity index (χ1) is 11.6. The Morgan fingerprint density at radius 3 is 2.36 bits per heavy atom. The molecule has 0 unspecified atom stereocenters. The number of benzene rings is 1. The topological polar surface area (TPSA) is 83.0 Å². The Morgan fingerprint density at radius 1 is 1.28 bits per heavy atom. The highest BCUT2D eigenvalue weighted by Crippen LogP contribution is 2.32. The number of alkyl halides is 3. The van der Waals surface area contributed by atoms with Crippen molar-refractivity contribution in [3.8, 4) is 0 Å². The molecule has 25 heavy (non-hydrogen) atoms. The second kappa shape index (κ2) is 7.18. The van der Waals surface area contributed by atoms with Crippen LogP contribution in [-0.2, 0) is 6.18 Å². The lowest BCUT2D eigenvalue weighted by atomic mass is 9.88. The molecule has 134 valence electrons. The third-order valence-electron chi connectivity index (χ3n) is 3.80. The standard InChI is InChI=1S/C17H17F3N2O3/c1-9(23)13(11-3-5-12(6-4-11)17(18,19)20)7-15(24)14-8-16(25)22-10(2)21-14/h3-6,8-9,13,23H,7H2,1-2H3,(H,21,22,25)/t9-,13-/m1/s1. The van der Waals surface area contributed by atoms with Gasteiger partial charge in [0.1, 0.15) is 11.5 Å². The van der Waals surface area contributed by atoms with Crippen LogP contribution >= 0.6 is 0 Å². The van der Waals surface area contributed by atoms with Crippen molar-refractivity contribution in [1.29, 1.82) is 0 Å². The number of carbonyl (C=O) groups is 1. The van der Waals surface area contributed by atoms with Gasteiger partial charge in [-0.1, -0.05) is 12.1 Å². The van der Waals surface area contributed by atoms with Crippen LogP contribution in [-0.4, -0.2) is 27.0 Å². The summed E-state index contributed by atoms with van der Waals surface area (Å²) in [6.45, 7) is 2.98. The van der Waals surface area contributed by atoms with E-state index in [0.29, 0.717) is 5.56 Å². The number of hydrogen-bond donors (Lipinski definition) is 2. The van der Waals surface area contributed by atoms with Crippen LogP contribution < -0.4 is 5.56 Å². The van der Waals surface area contributed by atoms with Gasteiger partial charge in [0.05, 0.1) is 11.7 Å². The molecule has 1 heterocycles. The van der Waals surface area contributed by atoms with E-state index in [9.17, 15) is 27.9 Å². The maximum atomic E-state index is 12.6. The fourth-order valence-corrected chi connectivity index (χ4v) is 2.51. The molecule has 2 atom stereocenters.